The molecule has 2 aliphatic heterocycles. The zero-order valence-corrected chi connectivity index (χ0v) is 16.7. The van der Waals surface area contributed by atoms with Crippen molar-refractivity contribution in [3.63, 3.8) is 0 Å². The zero-order chi connectivity index (χ0) is 19.5. The Hall–Kier alpha value is -2.88. The van der Waals surface area contributed by atoms with Gasteiger partial charge in [0.15, 0.2) is 11.6 Å². The monoisotopic (exact) mass is 377 g/mol. The molecule has 0 spiro atoms. The Morgan fingerprint density at radius 3 is 1.96 bits per heavy atom. The molecule has 4 rings (SSSR count). The summed E-state index contributed by atoms with van der Waals surface area (Å²) < 4.78 is 0. The summed E-state index contributed by atoms with van der Waals surface area (Å²) in [6.07, 6.45) is 3.79. The fourth-order valence-electron chi connectivity index (χ4n) is 4.11. The van der Waals surface area contributed by atoms with Crippen LogP contribution in [0.15, 0.2) is 18.2 Å². The lowest BCUT2D eigenvalue weighted by Gasteiger charge is -2.36. The molecule has 4 heterocycles. The summed E-state index contributed by atoms with van der Waals surface area (Å²) in [5.74, 6) is 2.72. The zero-order valence-electron chi connectivity index (χ0n) is 16.7. The number of piperazine rings is 1. The third-order valence-corrected chi connectivity index (χ3v) is 5.66. The quantitative estimate of drug-likeness (QED) is 0.814. The first kappa shape index (κ1) is 18.5. The molecule has 2 aliphatic rings. The van der Waals surface area contributed by atoms with Crippen LogP contribution in [0.3, 0.4) is 0 Å². The van der Waals surface area contributed by atoms with Gasteiger partial charge < -0.3 is 14.7 Å². The molecule has 7 nitrogen and oxygen atoms in total. The van der Waals surface area contributed by atoms with Crippen LogP contribution in [0.5, 0.6) is 0 Å². The Labute approximate surface area is 166 Å². The van der Waals surface area contributed by atoms with Crippen LogP contribution in [0.1, 0.15) is 36.1 Å². The van der Waals surface area contributed by atoms with Gasteiger partial charge in [0.25, 0.3) is 0 Å². The Balaban J connectivity index is 1.43. The topological polar surface area (TPSA) is 72.2 Å². The first-order valence-electron chi connectivity index (χ1n) is 10.1. The van der Waals surface area contributed by atoms with Crippen LogP contribution in [-0.2, 0) is 0 Å². The minimum atomic E-state index is 0.685. The average molecular weight is 377 g/mol. The summed E-state index contributed by atoms with van der Waals surface area (Å²) >= 11 is 0. The molecular formula is C21H27N7. The van der Waals surface area contributed by atoms with Crippen molar-refractivity contribution in [2.24, 2.45) is 0 Å². The maximum atomic E-state index is 9.53. The largest absolute Gasteiger partial charge is 0.355 e. The van der Waals surface area contributed by atoms with E-state index in [0.29, 0.717) is 5.56 Å². The lowest BCUT2D eigenvalue weighted by molar-refractivity contribution is 0.570. The van der Waals surface area contributed by atoms with Gasteiger partial charge in [0, 0.05) is 45.0 Å². The second kappa shape index (κ2) is 8.01. The summed E-state index contributed by atoms with van der Waals surface area (Å²) in [6, 6.07) is 8.48. The molecule has 28 heavy (non-hydrogen) atoms. The molecule has 0 unspecified atom stereocenters. The van der Waals surface area contributed by atoms with E-state index in [2.05, 4.69) is 48.1 Å². The molecule has 0 bridgehead atoms. The fraction of sp³-hybridized carbons (Fsp3) is 0.524. The van der Waals surface area contributed by atoms with Gasteiger partial charge in [0.1, 0.15) is 11.9 Å². The van der Waals surface area contributed by atoms with Crippen LogP contribution in [0, 0.1) is 25.2 Å². The van der Waals surface area contributed by atoms with Crippen molar-refractivity contribution in [1.29, 1.82) is 5.26 Å². The summed E-state index contributed by atoms with van der Waals surface area (Å²) in [5.41, 5.74) is 2.63. The normalized spacial score (nSPS) is 17.5. The van der Waals surface area contributed by atoms with Crippen LogP contribution >= 0.6 is 0 Å². The van der Waals surface area contributed by atoms with Gasteiger partial charge in [-0.25, -0.2) is 4.98 Å². The van der Waals surface area contributed by atoms with E-state index in [1.807, 2.05) is 19.9 Å². The summed E-state index contributed by atoms with van der Waals surface area (Å²) in [4.78, 5) is 11.4. The van der Waals surface area contributed by atoms with E-state index in [1.165, 1.54) is 19.3 Å². The van der Waals surface area contributed by atoms with Crippen LogP contribution in [0.25, 0.3) is 0 Å². The van der Waals surface area contributed by atoms with Gasteiger partial charge in [-0.1, -0.05) is 0 Å². The number of hydrogen-bond acceptors (Lipinski definition) is 7. The highest BCUT2D eigenvalue weighted by molar-refractivity contribution is 5.59. The number of rotatable bonds is 3. The second-order valence-corrected chi connectivity index (χ2v) is 7.66. The molecule has 0 amide bonds. The summed E-state index contributed by atoms with van der Waals surface area (Å²) in [6.45, 7) is 9.45. The Morgan fingerprint density at radius 1 is 0.821 bits per heavy atom. The molecule has 0 N–H and O–H groups in total. The highest BCUT2D eigenvalue weighted by Crippen LogP contribution is 2.25. The number of aromatic nitrogens is 3. The van der Waals surface area contributed by atoms with Gasteiger partial charge in [-0.3, -0.25) is 0 Å². The number of aryl methyl sites for hydroxylation is 2. The maximum Gasteiger partial charge on any atom is 0.151 e. The number of pyridine rings is 1. The summed E-state index contributed by atoms with van der Waals surface area (Å²) in [5, 5.41) is 18.5. The minimum Gasteiger partial charge on any atom is -0.355 e. The van der Waals surface area contributed by atoms with E-state index < -0.39 is 0 Å². The minimum absolute atomic E-state index is 0.685. The van der Waals surface area contributed by atoms with E-state index in [9.17, 15) is 5.26 Å². The van der Waals surface area contributed by atoms with E-state index in [0.717, 1.165) is 68.0 Å². The van der Waals surface area contributed by atoms with Crippen LogP contribution in [0.4, 0.5) is 17.5 Å². The molecule has 0 atom stereocenters. The maximum absolute atomic E-state index is 9.53. The van der Waals surface area contributed by atoms with Gasteiger partial charge in [-0.05, 0) is 56.9 Å². The summed E-state index contributed by atoms with van der Waals surface area (Å²) in [7, 11) is 0. The van der Waals surface area contributed by atoms with Gasteiger partial charge in [0.05, 0.1) is 5.56 Å². The second-order valence-electron chi connectivity index (χ2n) is 7.66. The molecule has 146 valence electrons. The molecule has 2 aromatic rings. The molecule has 0 saturated carbocycles. The highest BCUT2D eigenvalue weighted by atomic mass is 15.3. The third kappa shape index (κ3) is 3.72. The standard InChI is InChI=1S/C21H27N7/c1-16-14-17(2)23-21(18(16)15-22)28-12-10-27(11-13-28)20-7-6-19(24-25-20)26-8-4-3-5-9-26/h6-7,14H,3-5,8-13H2,1-2H3. The van der Waals surface area contributed by atoms with Crippen molar-refractivity contribution in [3.8, 4) is 6.07 Å². The molecule has 2 saturated heterocycles. The van der Waals surface area contributed by atoms with E-state index in [1.54, 1.807) is 0 Å². The van der Waals surface area contributed by atoms with Gasteiger partial charge >= 0.3 is 0 Å². The molecule has 0 aromatic carbocycles. The smallest absolute Gasteiger partial charge is 0.151 e. The molecule has 0 radical (unpaired) electrons. The molecule has 0 aliphatic carbocycles. The van der Waals surface area contributed by atoms with Gasteiger partial charge in [0.2, 0.25) is 0 Å². The third-order valence-electron chi connectivity index (χ3n) is 5.66. The van der Waals surface area contributed by atoms with E-state index in [-0.39, 0.29) is 0 Å². The van der Waals surface area contributed by atoms with Gasteiger partial charge in [-0.15, -0.1) is 10.2 Å². The first-order valence-corrected chi connectivity index (χ1v) is 10.1. The predicted molar refractivity (Wildman–Crippen MR) is 111 cm³/mol. The van der Waals surface area contributed by atoms with Crippen molar-refractivity contribution in [3.05, 3.63) is 35.0 Å². The Kier molecular flexibility index (Phi) is 5.29. The van der Waals surface area contributed by atoms with Crippen molar-refractivity contribution in [2.75, 3.05) is 54.0 Å². The Bertz CT molecular complexity index is 858. The van der Waals surface area contributed by atoms with Crippen molar-refractivity contribution < 1.29 is 0 Å². The van der Waals surface area contributed by atoms with Crippen LogP contribution in [0.2, 0.25) is 0 Å². The van der Waals surface area contributed by atoms with E-state index >= 15 is 0 Å². The Morgan fingerprint density at radius 2 is 1.39 bits per heavy atom. The van der Waals surface area contributed by atoms with Crippen molar-refractivity contribution >= 4 is 17.5 Å². The van der Waals surface area contributed by atoms with Crippen molar-refractivity contribution in [1.82, 2.24) is 15.2 Å². The number of hydrogen-bond donors (Lipinski definition) is 0. The molecule has 2 aromatic heterocycles. The number of nitriles is 1. The van der Waals surface area contributed by atoms with Gasteiger partial charge in [-0.2, -0.15) is 5.26 Å². The molecular weight excluding hydrogens is 350 g/mol. The number of anilines is 3. The average Bonchev–Trinajstić information content (AvgIpc) is 2.74. The lowest BCUT2D eigenvalue weighted by atomic mass is 10.1. The van der Waals surface area contributed by atoms with Crippen molar-refractivity contribution in [2.45, 2.75) is 33.1 Å². The number of piperidine rings is 1. The number of nitrogens with zero attached hydrogens (tertiary/aromatic N) is 7. The van der Waals surface area contributed by atoms with Crippen LogP contribution < -0.4 is 14.7 Å². The first-order chi connectivity index (χ1) is 13.7. The van der Waals surface area contributed by atoms with E-state index in [4.69, 9.17) is 0 Å². The molecule has 2 fully saturated rings. The fourth-order valence-corrected chi connectivity index (χ4v) is 4.11. The predicted octanol–water partition coefficient (Wildman–Crippen LogP) is 2.68. The van der Waals surface area contributed by atoms with Crippen LogP contribution in [-0.4, -0.2) is 54.4 Å². The molecule has 7 heteroatoms. The lowest BCUT2D eigenvalue weighted by Crippen LogP contribution is -2.47. The SMILES string of the molecule is Cc1cc(C)c(C#N)c(N2CCN(c3ccc(N4CCCCC4)nn3)CC2)n1. The highest BCUT2D eigenvalue weighted by Gasteiger charge is 2.23.